The highest BCUT2D eigenvalue weighted by Gasteiger charge is 2.56. The first-order valence-corrected chi connectivity index (χ1v) is 16.7. The predicted octanol–water partition coefficient (Wildman–Crippen LogP) is 0.706. The molecule has 268 valence electrons. The van der Waals surface area contributed by atoms with Gasteiger partial charge in [-0.2, -0.15) is 24.4 Å². The highest BCUT2D eigenvalue weighted by molar-refractivity contribution is 7.99. The molecule has 18 heteroatoms. The van der Waals surface area contributed by atoms with Gasteiger partial charge >= 0.3 is 29.8 Å². The van der Waals surface area contributed by atoms with Gasteiger partial charge in [0.15, 0.2) is 37.0 Å². The minimum Gasteiger partial charge on any atom is -0.463 e. The molecule has 47 heavy (non-hydrogen) atoms. The molecule has 0 radical (unpaired) electrons. The van der Waals surface area contributed by atoms with E-state index in [1.165, 1.54) is 39.6 Å². The highest BCUT2D eigenvalue weighted by atomic mass is 32.2. The molecule has 0 unspecified atom stereocenters. The monoisotopic (exact) mass is 711 g/mol. The number of rotatable bonds is 16. The Labute approximate surface area is 283 Å². The molecule has 0 spiro atoms. The van der Waals surface area contributed by atoms with Gasteiger partial charge in [-0.3, -0.25) is 28.8 Å². The molecular formula is C29H45NO15S2. The minimum atomic E-state index is -1.55. The van der Waals surface area contributed by atoms with Crippen LogP contribution in [-0.4, -0.2) is 128 Å². The largest absolute Gasteiger partial charge is 0.463 e. The average Bonchev–Trinajstić information content (AvgIpc) is 2.96. The van der Waals surface area contributed by atoms with Crippen molar-refractivity contribution < 1.29 is 71.4 Å². The van der Waals surface area contributed by atoms with Crippen LogP contribution in [0.25, 0.3) is 0 Å². The molecule has 10 atom stereocenters. The molecular weight excluding hydrogens is 666 g/mol. The van der Waals surface area contributed by atoms with Crippen LogP contribution < -0.4 is 5.32 Å². The Morgan fingerprint density at radius 2 is 1.23 bits per heavy atom. The molecule has 1 N–H and O–H groups in total. The van der Waals surface area contributed by atoms with Crippen molar-refractivity contribution >= 4 is 60.1 Å². The Morgan fingerprint density at radius 3 is 1.77 bits per heavy atom. The lowest BCUT2D eigenvalue weighted by Gasteiger charge is -2.49. The zero-order chi connectivity index (χ0) is 35.3. The molecule has 0 aromatic heterocycles. The van der Waals surface area contributed by atoms with Gasteiger partial charge in [-0.05, 0) is 24.3 Å². The van der Waals surface area contributed by atoms with Crippen molar-refractivity contribution in [2.45, 2.75) is 116 Å². The molecule has 2 aliphatic heterocycles. The van der Waals surface area contributed by atoms with Gasteiger partial charge in [0, 0.05) is 54.4 Å². The fourth-order valence-corrected chi connectivity index (χ4v) is 6.39. The lowest BCUT2D eigenvalue weighted by Crippen LogP contribution is -2.69. The van der Waals surface area contributed by atoms with Crippen LogP contribution >= 0.6 is 24.4 Å². The lowest BCUT2D eigenvalue weighted by molar-refractivity contribution is -0.344. The molecule has 2 fully saturated rings. The molecule has 16 nitrogen and oxygen atoms in total. The van der Waals surface area contributed by atoms with Gasteiger partial charge in [0.1, 0.15) is 31.0 Å². The van der Waals surface area contributed by atoms with E-state index in [0.717, 1.165) is 33.6 Å². The van der Waals surface area contributed by atoms with E-state index in [0.29, 0.717) is 11.5 Å². The molecule has 2 saturated heterocycles. The number of methoxy groups -OCH3 is 1. The number of nitrogens with one attached hydrogen (secondary N) is 1. The van der Waals surface area contributed by atoms with Gasteiger partial charge in [0.2, 0.25) is 5.91 Å². The highest BCUT2D eigenvalue weighted by Crippen LogP contribution is 2.35. The Hall–Kier alpha value is -2.64. The lowest BCUT2D eigenvalue weighted by atomic mass is 9.95. The van der Waals surface area contributed by atoms with E-state index in [4.69, 9.17) is 42.6 Å². The summed E-state index contributed by atoms with van der Waals surface area (Å²) in [5, 5.41) is 2.64. The summed E-state index contributed by atoms with van der Waals surface area (Å²) in [6, 6.07) is -1.13. The van der Waals surface area contributed by atoms with Crippen molar-refractivity contribution in [1.29, 1.82) is 0 Å². The maximum absolute atomic E-state index is 12.4. The van der Waals surface area contributed by atoms with Crippen molar-refractivity contribution in [3.05, 3.63) is 0 Å². The normalized spacial score (nSPS) is 30.4. The Balaban J connectivity index is 2.64. The van der Waals surface area contributed by atoms with E-state index in [1.54, 1.807) is 0 Å². The van der Waals surface area contributed by atoms with Crippen molar-refractivity contribution in [3.63, 3.8) is 0 Å². The second-order valence-electron chi connectivity index (χ2n) is 10.8. The number of amides is 1. The molecule has 2 aliphatic rings. The van der Waals surface area contributed by atoms with Crippen LogP contribution in [0, 0.1) is 0 Å². The van der Waals surface area contributed by atoms with Crippen LogP contribution in [0.15, 0.2) is 0 Å². The number of carbonyl (C=O) groups excluding carboxylic acids is 6. The Bertz CT molecular complexity index is 1090. The second kappa shape index (κ2) is 20.0. The smallest absolute Gasteiger partial charge is 0.303 e. The molecule has 0 bridgehead atoms. The predicted molar refractivity (Wildman–Crippen MR) is 166 cm³/mol. The molecule has 0 aliphatic carbocycles. The molecule has 0 saturated carbocycles. The fraction of sp³-hybridized carbons (Fsp3) is 0.793. The number of hydrogen-bond acceptors (Lipinski definition) is 17. The molecule has 0 aromatic rings. The van der Waals surface area contributed by atoms with E-state index in [2.05, 4.69) is 17.9 Å². The molecule has 0 aromatic carbocycles. The fourth-order valence-electron chi connectivity index (χ4n) is 5.09. The van der Waals surface area contributed by atoms with Crippen molar-refractivity contribution in [3.8, 4) is 0 Å². The SMILES string of the molecule is CO[C@@H]1O[C@H](COC(C)=O)[C@H](O[C@@H]2O[C@H](CSCCCCS)[C@H](OC(C)=O)[C@H](OC(C)=O)[C@H]2OC(C)=O)[C@H](OC(C)=O)[C@H]1NC(C)=O. The van der Waals surface area contributed by atoms with Crippen molar-refractivity contribution in [1.82, 2.24) is 5.32 Å². The third kappa shape index (κ3) is 13.1. The van der Waals surface area contributed by atoms with Crippen molar-refractivity contribution in [2.24, 2.45) is 0 Å². The summed E-state index contributed by atoms with van der Waals surface area (Å²) >= 11 is 5.71. The van der Waals surface area contributed by atoms with E-state index >= 15 is 0 Å². The van der Waals surface area contributed by atoms with Gasteiger partial charge in [0.25, 0.3) is 0 Å². The Morgan fingerprint density at radius 1 is 0.681 bits per heavy atom. The van der Waals surface area contributed by atoms with Crippen LogP contribution in [0.2, 0.25) is 0 Å². The van der Waals surface area contributed by atoms with Crippen LogP contribution in [0.4, 0.5) is 0 Å². The standard InChI is InChI=1S/C29H45NO15S2/c1-14(31)30-22-25(40-17(4)34)23(20(12-38-15(2)32)43-28(22)37-7)45-29-27(42-19(6)36)26(41-18(5)35)24(39-16(3)33)21(44-29)13-47-11-9-8-10-46/h20-29,46H,8-13H2,1-7H3,(H,30,31)/t20-,21-,22-,23+,24+,25-,26+,27-,28-,29+/m1/s1. The molecule has 1 amide bonds. The maximum Gasteiger partial charge on any atom is 0.303 e. The first kappa shape index (κ1) is 40.5. The second-order valence-corrected chi connectivity index (χ2v) is 12.4. The van der Waals surface area contributed by atoms with Gasteiger partial charge in [-0.25, -0.2) is 0 Å². The quantitative estimate of drug-likeness (QED) is 0.0981. The summed E-state index contributed by atoms with van der Waals surface area (Å²) in [4.78, 5) is 73.2. The topological polar surface area (TPSA) is 198 Å². The first-order valence-electron chi connectivity index (χ1n) is 15.0. The molecule has 2 rings (SSSR count). The van der Waals surface area contributed by atoms with E-state index in [1.807, 2.05) is 0 Å². The number of carbonyl (C=O) groups is 6. The van der Waals surface area contributed by atoms with Gasteiger partial charge in [-0.15, -0.1) is 0 Å². The van der Waals surface area contributed by atoms with Crippen LogP contribution in [0.1, 0.15) is 54.4 Å². The number of thioether (sulfide) groups is 1. The van der Waals surface area contributed by atoms with Crippen LogP contribution in [0.3, 0.4) is 0 Å². The first-order chi connectivity index (χ1) is 22.2. The summed E-state index contributed by atoms with van der Waals surface area (Å²) in [7, 11) is 1.30. The number of unbranched alkanes of at least 4 members (excludes halogenated alkanes) is 1. The van der Waals surface area contributed by atoms with Gasteiger partial charge in [-0.1, -0.05) is 0 Å². The average molecular weight is 712 g/mol. The number of ether oxygens (including phenoxy) is 9. The number of hydrogen-bond donors (Lipinski definition) is 2. The maximum atomic E-state index is 12.4. The van der Waals surface area contributed by atoms with Gasteiger partial charge < -0.3 is 47.9 Å². The summed E-state index contributed by atoms with van der Waals surface area (Å²) in [5.41, 5.74) is 0. The van der Waals surface area contributed by atoms with Crippen molar-refractivity contribution in [2.75, 3.05) is 31.0 Å². The van der Waals surface area contributed by atoms with Gasteiger partial charge in [0.05, 0.1) is 0 Å². The zero-order valence-corrected chi connectivity index (χ0v) is 29.2. The summed E-state index contributed by atoms with van der Waals surface area (Å²) in [6.07, 6.45) is -10.0. The minimum absolute atomic E-state index is 0.237. The summed E-state index contributed by atoms with van der Waals surface area (Å²) in [6.45, 7) is 6.54. The van der Waals surface area contributed by atoms with Crippen LogP contribution in [0.5, 0.6) is 0 Å². The van der Waals surface area contributed by atoms with E-state index in [9.17, 15) is 28.8 Å². The third-order valence-corrected chi connectivity index (χ3v) is 8.23. The summed E-state index contributed by atoms with van der Waals surface area (Å²) < 4.78 is 51.7. The Kier molecular flexibility index (Phi) is 17.3. The molecule has 2 heterocycles. The third-order valence-electron chi connectivity index (χ3n) is 6.77. The zero-order valence-electron chi connectivity index (χ0n) is 27.5. The van der Waals surface area contributed by atoms with E-state index < -0.39 is 104 Å². The summed E-state index contributed by atoms with van der Waals surface area (Å²) in [5.74, 6) is -2.58. The number of thiol groups is 1. The van der Waals surface area contributed by atoms with E-state index in [-0.39, 0.29) is 5.75 Å². The number of esters is 5. The van der Waals surface area contributed by atoms with Crippen LogP contribution in [-0.2, 0) is 71.4 Å².